The first-order valence-corrected chi connectivity index (χ1v) is 6.09. The quantitative estimate of drug-likeness (QED) is 0.825. The van der Waals surface area contributed by atoms with Gasteiger partial charge in [0.1, 0.15) is 11.5 Å². The summed E-state index contributed by atoms with van der Waals surface area (Å²) in [4.78, 5) is 0. The molecule has 5 heteroatoms. The first-order valence-electron chi connectivity index (χ1n) is 6.09. The molecule has 0 atom stereocenters. The van der Waals surface area contributed by atoms with E-state index in [-0.39, 0.29) is 5.82 Å². The maximum Gasteiger partial charge on any atom is 0.149 e. The molecule has 0 fully saturated rings. The highest BCUT2D eigenvalue weighted by molar-refractivity contribution is 5.35. The molecular formula is C13H17FN4. The fourth-order valence-electron chi connectivity index (χ4n) is 1.69. The van der Waals surface area contributed by atoms with Crippen LogP contribution in [0.2, 0.25) is 0 Å². The Bertz CT molecular complexity index is 521. The Morgan fingerprint density at radius 3 is 2.94 bits per heavy atom. The van der Waals surface area contributed by atoms with Gasteiger partial charge in [-0.2, -0.15) is 0 Å². The Balaban J connectivity index is 2.13. The van der Waals surface area contributed by atoms with Crippen LogP contribution in [0, 0.1) is 12.7 Å². The van der Waals surface area contributed by atoms with E-state index in [0.717, 1.165) is 24.2 Å². The van der Waals surface area contributed by atoms with Crippen LogP contribution in [0.25, 0.3) is 5.69 Å². The van der Waals surface area contributed by atoms with Crippen molar-refractivity contribution in [3.05, 3.63) is 41.5 Å². The van der Waals surface area contributed by atoms with E-state index in [2.05, 4.69) is 22.6 Å². The van der Waals surface area contributed by atoms with E-state index in [0.29, 0.717) is 12.2 Å². The minimum atomic E-state index is -0.284. The maximum absolute atomic E-state index is 13.7. The summed E-state index contributed by atoms with van der Waals surface area (Å²) in [5.41, 5.74) is 2.12. The van der Waals surface area contributed by atoms with Crippen LogP contribution in [0.1, 0.15) is 24.6 Å². The van der Waals surface area contributed by atoms with Crippen molar-refractivity contribution >= 4 is 0 Å². The average Bonchev–Trinajstić information content (AvgIpc) is 2.78. The molecule has 0 radical (unpaired) electrons. The SMILES string of the molecule is CCCNCc1cn(-c2ccc(C)cc2F)nn1. The van der Waals surface area contributed by atoms with Crippen molar-refractivity contribution in [3.8, 4) is 5.69 Å². The van der Waals surface area contributed by atoms with Crippen LogP contribution in [-0.4, -0.2) is 21.5 Å². The van der Waals surface area contributed by atoms with Gasteiger partial charge in [0.05, 0.1) is 11.9 Å². The van der Waals surface area contributed by atoms with Gasteiger partial charge < -0.3 is 5.32 Å². The lowest BCUT2D eigenvalue weighted by Crippen LogP contribution is -2.13. The van der Waals surface area contributed by atoms with Gasteiger partial charge in [0.25, 0.3) is 0 Å². The van der Waals surface area contributed by atoms with Crippen molar-refractivity contribution in [2.75, 3.05) is 6.54 Å². The Kier molecular flexibility index (Phi) is 4.04. The highest BCUT2D eigenvalue weighted by Crippen LogP contribution is 2.13. The lowest BCUT2D eigenvalue weighted by atomic mass is 10.2. The minimum absolute atomic E-state index is 0.284. The van der Waals surface area contributed by atoms with Crippen LogP contribution < -0.4 is 5.32 Å². The summed E-state index contributed by atoms with van der Waals surface area (Å²) in [6.45, 7) is 5.55. The monoisotopic (exact) mass is 248 g/mol. The third kappa shape index (κ3) is 2.92. The number of hydrogen-bond donors (Lipinski definition) is 1. The molecule has 2 rings (SSSR count). The van der Waals surface area contributed by atoms with Crippen molar-refractivity contribution < 1.29 is 4.39 Å². The molecule has 0 aliphatic rings. The van der Waals surface area contributed by atoms with Gasteiger partial charge in [-0.05, 0) is 37.6 Å². The zero-order chi connectivity index (χ0) is 13.0. The predicted octanol–water partition coefficient (Wildman–Crippen LogP) is 2.21. The van der Waals surface area contributed by atoms with Gasteiger partial charge in [-0.1, -0.05) is 18.2 Å². The van der Waals surface area contributed by atoms with Crippen molar-refractivity contribution in [2.45, 2.75) is 26.8 Å². The molecule has 0 unspecified atom stereocenters. The lowest BCUT2D eigenvalue weighted by molar-refractivity contribution is 0.606. The van der Waals surface area contributed by atoms with Crippen LogP contribution in [0.15, 0.2) is 24.4 Å². The van der Waals surface area contributed by atoms with E-state index in [1.807, 2.05) is 13.0 Å². The van der Waals surface area contributed by atoms with Gasteiger partial charge in [0.15, 0.2) is 0 Å². The molecule has 96 valence electrons. The highest BCUT2D eigenvalue weighted by atomic mass is 19.1. The van der Waals surface area contributed by atoms with Crippen LogP contribution in [0.3, 0.4) is 0 Å². The first-order chi connectivity index (χ1) is 8.70. The smallest absolute Gasteiger partial charge is 0.149 e. The molecule has 0 aliphatic heterocycles. The second-order valence-corrected chi connectivity index (χ2v) is 4.29. The second kappa shape index (κ2) is 5.73. The van der Waals surface area contributed by atoms with E-state index in [1.165, 1.54) is 10.7 Å². The molecule has 0 amide bonds. The average molecular weight is 248 g/mol. The molecule has 1 aromatic heterocycles. The maximum atomic E-state index is 13.7. The third-order valence-corrected chi connectivity index (χ3v) is 2.62. The van der Waals surface area contributed by atoms with Crippen LogP contribution in [0.4, 0.5) is 4.39 Å². The molecule has 0 saturated carbocycles. The fraction of sp³-hybridized carbons (Fsp3) is 0.385. The molecule has 1 heterocycles. The Morgan fingerprint density at radius 2 is 2.22 bits per heavy atom. The summed E-state index contributed by atoms with van der Waals surface area (Å²) in [5.74, 6) is -0.284. The zero-order valence-electron chi connectivity index (χ0n) is 10.7. The summed E-state index contributed by atoms with van der Waals surface area (Å²) in [6, 6.07) is 5.06. The third-order valence-electron chi connectivity index (χ3n) is 2.62. The fourth-order valence-corrected chi connectivity index (χ4v) is 1.69. The number of rotatable bonds is 5. The molecule has 1 aromatic carbocycles. The topological polar surface area (TPSA) is 42.7 Å². The molecule has 4 nitrogen and oxygen atoms in total. The summed E-state index contributed by atoms with van der Waals surface area (Å²) in [7, 11) is 0. The van der Waals surface area contributed by atoms with Gasteiger partial charge in [-0.3, -0.25) is 0 Å². The molecule has 0 spiro atoms. The molecule has 18 heavy (non-hydrogen) atoms. The molecule has 2 aromatic rings. The van der Waals surface area contributed by atoms with E-state index < -0.39 is 0 Å². The largest absolute Gasteiger partial charge is 0.311 e. The van der Waals surface area contributed by atoms with E-state index in [4.69, 9.17) is 0 Å². The Morgan fingerprint density at radius 1 is 1.39 bits per heavy atom. The lowest BCUT2D eigenvalue weighted by Gasteiger charge is -2.02. The second-order valence-electron chi connectivity index (χ2n) is 4.29. The van der Waals surface area contributed by atoms with Crippen molar-refractivity contribution in [2.24, 2.45) is 0 Å². The van der Waals surface area contributed by atoms with Gasteiger partial charge in [-0.15, -0.1) is 5.10 Å². The molecule has 1 N–H and O–H groups in total. The number of aryl methyl sites for hydroxylation is 1. The van der Waals surface area contributed by atoms with Gasteiger partial charge in [-0.25, -0.2) is 9.07 Å². The van der Waals surface area contributed by atoms with E-state index in [9.17, 15) is 4.39 Å². The number of nitrogens with zero attached hydrogens (tertiary/aromatic N) is 3. The first kappa shape index (κ1) is 12.7. The van der Waals surface area contributed by atoms with Crippen LogP contribution >= 0.6 is 0 Å². The summed E-state index contributed by atoms with van der Waals surface area (Å²) >= 11 is 0. The zero-order valence-corrected chi connectivity index (χ0v) is 10.7. The molecule has 0 bridgehead atoms. The van der Waals surface area contributed by atoms with Crippen LogP contribution in [0.5, 0.6) is 0 Å². The van der Waals surface area contributed by atoms with Gasteiger partial charge in [0.2, 0.25) is 0 Å². The predicted molar refractivity (Wildman–Crippen MR) is 68.1 cm³/mol. The number of benzene rings is 1. The minimum Gasteiger partial charge on any atom is -0.311 e. The molecular weight excluding hydrogens is 231 g/mol. The Labute approximate surface area is 106 Å². The van der Waals surface area contributed by atoms with Gasteiger partial charge >= 0.3 is 0 Å². The number of aromatic nitrogens is 3. The van der Waals surface area contributed by atoms with E-state index >= 15 is 0 Å². The summed E-state index contributed by atoms with van der Waals surface area (Å²) < 4.78 is 15.2. The number of hydrogen-bond acceptors (Lipinski definition) is 3. The molecule has 0 aliphatic carbocycles. The van der Waals surface area contributed by atoms with Gasteiger partial charge in [0, 0.05) is 6.54 Å². The van der Waals surface area contributed by atoms with Crippen molar-refractivity contribution in [1.82, 2.24) is 20.3 Å². The summed E-state index contributed by atoms with van der Waals surface area (Å²) in [6.07, 6.45) is 2.82. The number of nitrogens with one attached hydrogen (secondary N) is 1. The van der Waals surface area contributed by atoms with Crippen molar-refractivity contribution in [3.63, 3.8) is 0 Å². The highest BCUT2D eigenvalue weighted by Gasteiger charge is 2.07. The standard InChI is InChI=1S/C13H17FN4/c1-3-6-15-8-11-9-18(17-16-11)13-5-4-10(2)7-12(13)14/h4-5,7,9,15H,3,6,8H2,1-2H3. The summed E-state index contributed by atoms with van der Waals surface area (Å²) in [5, 5.41) is 11.2. The molecule has 0 saturated heterocycles. The Hall–Kier alpha value is -1.75. The van der Waals surface area contributed by atoms with Crippen LogP contribution in [-0.2, 0) is 6.54 Å². The number of halogens is 1. The normalized spacial score (nSPS) is 10.8. The van der Waals surface area contributed by atoms with E-state index in [1.54, 1.807) is 12.3 Å². The van der Waals surface area contributed by atoms with Crippen molar-refractivity contribution in [1.29, 1.82) is 0 Å².